The maximum absolute atomic E-state index is 10.6. The fraction of sp³-hybridized carbons (Fsp3) is 0.815. The van der Waals surface area contributed by atoms with Crippen LogP contribution in [0.5, 0.6) is 0 Å². The Morgan fingerprint density at radius 1 is 0.903 bits per heavy atom. The predicted molar refractivity (Wildman–Crippen MR) is 132 cm³/mol. The molecule has 1 atom stereocenters. The van der Waals surface area contributed by atoms with E-state index in [1.807, 2.05) is 0 Å². The molecule has 0 bridgehead atoms. The molecule has 0 aromatic heterocycles. The first-order valence-corrected chi connectivity index (χ1v) is 12.8. The fourth-order valence-corrected chi connectivity index (χ4v) is 3.44. The molecule has 1 N–H and O–H groups in total. The third-order valence-electron chi connectivity index (χ3n) is 5.58. The molecule has 31 heavy (non-hydrogen) atoms. The quantitative estimate of drug-likeness (QED) is 0.0808. The van der Waals surface area contributed by atoms with E-state index in [0.29, 0.717) is 24.7 Å². The molecule has 1 aliphatic rings. The van der Waals surface area contributed by atoms with Crippen LogP contribution in [0.2, 0.25) is 0 Å². The summed E-state index contributed by atoms with van der Waals surface area (Å²) in [6.07, 6.45) is 24.3. The van der Waals surface area contributed by atoms with Crippen molar-refractivity contribution in [2.75, 3.05) is 19.8 Å². The van der Waals surface area contributed by atoms with E-state index >= 15 is 0 Å². The molecule has 182 valence electrons. The van der Waals surface area contributed by atoms with Crippen molar-refractivity contribution < 1.29 is 19.4 Å². The van der Waals surface area contributed by atoms with E-state index in [0.717, 1.165) is 26.1 Å². The van der Waals surface area contributed by atoms with Gasteiger partial charge >= 0.3 is 5.97 Å². The Hall–Kier alpha value is -1.13. The topological polar surface area (TPSA) is 59.1 Å². The van der Waals surface area contributed by atoms with Gasteiger partial charge in [0.2, 0.25) is 0 Å². The average molecular weight is 439 g/mol. The van der Waals surface area contributed by atoms with Gasteiger partial charge in [-0.3, -0.25) is 0 Å². The molecule has 1 fully saturated rings. The summed E-state index contributed by atoms with van der Waals surface area (Å²) in [5.74, 6) is -0.842. The minimum Gasteiger partial charge on any atom is -0.478 e. The summed E-state index contributed by atoms with van der Waals surface area (Å²) in [7, 11) is 0. The lowest BCUT2D eigenvalue weighted by atomic mass is 10.0. The number of unbranched alkanes of at least 4 members (excludes halogenated alkanes) is 15. The first-order chi connectivity index (χ1) is 15.1. The number of carboxylic acid groups (broad SMARTS) is 1. The van der Waals surface area contributed by atoms with Gasteiger partial charge in [0.05, 0.1) is 19.8 Å². The lowest BCUT2D eigenvalue weighted by Crippen LogP contribution is -2.00. The molecule has 0 aromatic carbocycles. The molecule has 0 aliphatic carbocycles. The van der Waals surface area contributed by atoms with Crippen LogP contribution in [0.15, 0.2) is 24.8 Å². The molecule has 1 rings (SSSR count). The molecular formula is C27H50O4. The fourth-order valence-electron chi connectivity index (χ4n) is 3.44. The highest BCUT2D eigenvalue weighted by Crippen LogP contribution is 2.14. The predicted octanol–water partition coefficient (Wildman–Crippen LogP) is 7.87. The molecule has 4 heteroatoms. The Balaban J connectivity index is 0.000000929. The summed E-state index contributed by atoms with van der Waals surface area (Å²) >= 11 is 0. The molecule has 0 radical (unpaired) electrons. The van der Waals surface area contributed by atoms with E-state index in [-0.39, 0.29) is 0 Å². The summed E-state index contributed by atoms with van der Waals surface area (Å²) in [6, 6.07) is 0. The van der Waals surface area contributed by atoms with E-state index < -0.39 is 5.97 Å². The number of hydrogen-bond donors (Lipinski definition) is 1. The van der Waals surface area contributed by atoms with Crippen LogP contribution >= 0.6 is 0 Å². The number of carboxylic acids is 1. The van der Waals surface area contributed by atoms with Gasteiger partial charge in [0, 0.05) is 5.57 Å². The number of rotatable bonds is 22. The van der Waals surface area contributed by atoms with Crippen LogP contribution in [0, 0.1) is 0 Å². The van der Waals surface area contributed by atoms with Gasteiger partial charge in [-0.15, -0.1) is 6.58 Å². The van der Waals surface area contributed by atoms with Crippen LogP contribution in [-0.4, -0.2) is 37.0 Å². The van der Waals surface area contributed by atoms with Crippen molar-refractivity contribution in [1.82, 2.24) is 0 Å². The third kappa shape index (κ3) is 25.0. The normalized spacial score (nSPS) is 14.5. The molecule has 0 amide bonds. The third-order valence-corrected chi connectivity index (χ3v) is 5.58. The monoisotopic (exact) mass is 438 g/mol. The van der Waals surface area contributed by atoms with Crippen LogP contribution in [0.25, 0.3) is 0 Å². The number of aliphatic carboxylic acids is 1. The zero-order valence-corrected chi connectivity index (χ0v) is 20.4. The molecule has 1 unspecified atom stereocenters. The average Bonchev–Trinajstić information content (AvgIpc) is 3.58. The van der Waals surface area contributed by atoms with Crippen molar-refractivity contribution >= 4 is 5.97 Å². The first-order valence-electron chi connectivity index (χ1n) is 12.8. The highest BCUT2D eigenvalue weighted by Gasteiger charge is 2.21. The summed E-state index contributed by atoms with van der Waals surface area (Å²) in [4.78, 5) is 10.6. The number of carbonyl (C=O) groups is 1. The highest BCUT2D eigenvalue weighted by atomic mass is 16.6. The van der Waals surface area contributed by atoms with Gasteiger partial charge in [-0.05, 0) is 12.8 Å². The Labute approximate surface area is 192 Å². The largest absolute Gasteiger partial charge is 0.478 e. The van der Waals surface area contributed by atoms with Gasteiger partial charge in [0.15, 0.2) is 0 Å². The van der Waals surface area contributed by atoms with Crippen molar-refractivity contribution in [2.45, 2.75) is 122 Å². The Morgan fingerprint density at radius 3 is 1.68 bits per heavy atom. The molecule has 1 heterocycles. The van der Waals surface area contributed by atoms with Gasteiger partial charge in [-0.2, -0.15) is 0 Å². The van der Waals surface area contributed by atoms with Crippen LogP contribution in [0.3, 0.4) is 0 Å². The second kappa shape index (κ2) is 23.5. The van der Waals surface area contributed by atoms with E-state index in [1.54, 1.807) is 6.08 Å². The Bertz CT molecular complexity index is 429. The van der Waals surface area contributed by atoms with Crippen molar-refractivity contribution in [1.29, 1.82) is 0 Å². The SMILES string of the molecule is C=C(CCCCCCCCCCCCCCCCCC)C(=O)O.C=CCOCC1CO1. The van der Waals surface area contributed by atoms with Crippen LogP contribution in [-0.2, 0) is 14.3 Å². The molecule has 1 aliphatic heterocycles. The summed E-state index contributed by atoms with van der Waals surface area (Å²) < 4.78 is 9.96. The standard InChI is InChI=1S/C21H40O2.C6H10O2/c1-3-4-5-6-7-8-9-10-11-12-13-14-15-16-17-18-19-20(2)21(22)23;1-2-3-7-4-6-5-8-6/h2-19H2,1H3,(H,22,23);2,6H,1,3-5H2. The van der Waals surface area contributed by atoms with Crippen molar-refractivity contribution in [3.63, 3.8) is 0 Å². The van der Waals surface area contributed by atoms with Crippen molar-refractivity contribution in [3.8, 4) is 0 Å². The first kappa shape index (κ1) is 29.9. The number of epoxide rings is 1. The Morgan fingerprint density at radius 2 is 1.32 bits per heavy atom. The summed E-state index contributed by atoms with van der Waals surface area (Å²) in [5, 5.41) is 8.71. The van der Waals surface area contributed by atoms with E-state index in [4.69, 9.17) is 14.6 Å². The molecule has 4 nitrogen and oxygen atoms in total. The van der Waals surface area contributed by atoms with Crippen LogP contribution in [0.1, 0.15) is 116 Å². The van der Waals surface area contributed by atoms with Gasteiger partial charge < -0.3 is 14.6 Å². The molecular weight excluding hydrogens is 388 g/mol. The van der Waals surface area contributed by atoms with E-state index in [2.05, 4.69) is 20.1 Å². The lowest BCUT2D eigenvalue weighted by molar-refractivity contribution is -0.132. The summed E-state index contributed by atoms with van der Waals surface area (Å²) in [6.45, 7) is 11.6. The van der Waals surface area contributed by atoms with Crippen molar-refractivity contribution in [3.05, 3.63) is 24.8 Å². The van der Waals surface area contributed by atoms with Gasteiger partial charge in [0.25, 0.3) is 0 Å². The second-order valence-electron chi connectivity index (χ2n) is 8.74. The maximum Gasteiger partial charge on any atom is 0.330 e. The smallest absolute Gasteiger partial charge is 0.330 e. The molecule has 0 aromatic rings. The summed E-state index contributed by atoms with van der Waals surface area (Å²) in [5.41, 5.74) is 0.357. The minimum absolute atomic E-state index is 0.357. The van der Waals surface area contributed by atoms with E-state index in [9.17, 15) is 4.79 Å². The molecule has 0 spiro atoms. The second-order valence-corrected chi connectivity index (χ2v) is 8.74. The van der Waals surface area contributed by atoms with Gasteiger partial charge in [0.1, 0.15) is 6.10 Å². The van der Waals surface area contributed by atoms with Gasteiger partial charge in [-0.25, -0.2) is 4.79 Å². The van der Waals surface area contributed by atoms with Crippen molar-refractivity contribution in [2.24, 2.45) is 0 Å². The maximum atomic E-state index is 10.6. The van der Waals surface area contributed by atoms with Gasteiger partial charge in [-0.1, -0.05) is 116 Å². The number of ether oxygens (including phenoxy) is 2. The zero-order chi connectivity index (χ0) is 23.0. The molecule has 0 saturated carbocycles. The van der Waals surface area contributed by atoms with Crippen LogP contribution < -0.4 is 0 Å². The molecule has 1 saturated heterocycles. The minimum atomic E-state index is -0.842. The van der Waals surface area contributed by atoms with Crippen LogP contribution in [0.4, 0.5) is 0 Å². The zero-order valence-electron chi connectivity index (χ0n) is 20.4. The highest BCUT2D eigenvalue weighted by molar-refractivity contribution is 5.85. The Kier molecular flexibility index (Phi) is 22.7. The number of hydrogen-bond acceptors (Lipinski definition) is 3. The lowest BCUT2D eigenvalue weighted by Gasteiger charge is -2.04. The van der Waals surface area contributed by atoms with E-state index in [1.165, 1.54) is 89.9 Å².